The Morgan fingerprint density at radius 3 is 1.54 bits per heavy atom. The molecule has 15 heteroatoms. The minimum absolute atomic E-state index is 0.0406. The number of anilines is 3. The maximum absolute atomic E-state index is 14.3. The van der Waals surface area contributed by atoms with Crippen LogP contribution in [0.3, 0.4) is 0 Å². The molecule has 3 aromatic carbocycles. The highest BCUT2D eigenvalue weighted by Crippen LogP contribution is 2.45. The monoisotopic (exact) mass is 937 g/mol. The van der Waals surface area contributed by atoms with Gasteiger partial charge in [-0.2, -0.15) is 0 Å². The number of esters is 1. The summed E-state index contributed by atoms with van der Waals surface area (Å²) >= 11 is 0. The molecule has 2 aliphatic heterocycles. The summed E-state index contributed by atoms with van der Waals surface area (Å²) in [4.78, 5) is 86.9. The van der Waals surface area contributed by atoms with Gasteiger partial charge in [0.1, 0.15) is 23.9 Å². The second-order valence-corrected chi connectivity index (χ2v) is 21.3. The van der Waals surface area contributed by atoms with Crippen molar-refractivity contribution in [3.05, 3.63) is 89.7 Å². The fourth-order valence-electron chi connectivity index (χ4n) is 11.0. The molecular formula is C53H69FN6O8. The van der Waals surface area contributed by atoms with Gasteiger partial charge in [0.15, 0.2) is 0 Å². The summed E-state index contributed by atoms with van der Waals surface area (Å²) in [6, 6.07) is 19.0. The first kappa shape index (κ1) is 49.9. The van der Waals surface area contributed by atoms with Gasteiger partial charge in [0.05, 0.1) is 26.6 Å². The molecule has 0 radical (unpaired) electrons. The molecule has 0 unspecified atom stereocenters. The SMILES string of the molecule is COC(=O)C[C@H](C(=O)N1[C@H](C(=O)Nc2ccc(CN(Cc3ccc(NC(=O)[C@@H]4C[C@@H]5CCC[C@@H]5N4C(=O)[C@@H](NC(=O)OC)C(C)(C)C)cc3)c3ccc(F)cc3)cc2)C[C@@H]2CCC[C@@H]21)C(C)(C)C. The van der Waals surface area contributed by atoms with E-state index in [4.69, 9.17) is 9.47 Å². The Labute approximate surface area is 400 Å². The van der Waals surface area contributed by atoms with Crippen molar-refractivity contribution in [2.24, 2.45) is 28.6 Å². The number of benzene rings is 3. The number of nitrogens with one attached hydrogen (secondary N) is 3. The van der Waals surface area contributed by atoms with Crippen molar-refractivity contribution < 1.29 is 42.6 Å². The maximum atomic E-state index is 14.3. The number of carbonyl (C=O) groups excluding carboxylic acids is 6. The number of hydrogen-bond donors (Lipinski definition) is 3. The molecule has 2 aliphatic carbocycles. The zero-order chi connectivity index (χ0) is 49.1. The highest BCUT2D eigenvalue weighted by Gasteiger charge is 2.53. The Morgan fingerprint density at radius 1 is 0.647 bits per heavy atom. The van der Waals surface area contributed by atoms with Crippen LogP contribution in [0.25, 0.3) is 0 Å². The minimum atomic E-state index is -0.883. The molecule has 3 N–H and O–H groups in total. The lowest BCUT2D eigenvalue weighted by Crippen LogP contribution is -2.58. The lowest BCUT2D eigenvalue weighted by Gasteiger charge is -2.37. The number of likely N-dealkylation sites (tertiary alicyclic amines) is 2. The fraction of sp³-hybridized carbons (Fsp3) is 0.547. The second kappa shape index (κ2) is 20.7. The number of ether oxygens (including phenoxy) is 2. The summed E-state index contributed by atoms with van der Waals surface area (Å²) in [6.07, 6.45) is 5.87. The van der Waals surface area contributed by atoms with Gasteiger partial charge in [0.2, 0.25) is 23.6 Å². The first-order valence-electron chi connectivity index (χ1n) is 24.1. The van der Waals surface area contributed by atoms with Crippen molar-refractivity contribution in [2.45, 2.75) is 143 Å². The Bertz CT molecular complexity index is 2170. The van der Waals surface area contributed by atoms with E-state index >= 15 is 0 Å². The third-order valence-corrected chi connectivity index (χ3v) is 14.7. The molecule has 2 heterocycles. The average Bonchev–Trinajstić information content (AvgIpc) is 4.10. The topological polar surface area (TPSA) is 167 Å². The molecule has 2 saturated heterocycles. The van der Waals surface area contributed by atoms with E-state index in [1.54, 1.807) is 21.9 Å². The summed E-state index contributed by atoms with van der Waals surface area (Å²) in [5.74, 6) is -2.00. The number of hydrogen-bond acceptors (Lipinski definition) is 9. The van der Waals surface area contributed by atoms with E-state index in [1.165, 1.54) is 26.4 Å². The van der Waals surface area contributed by atoms with Crippen molar-refractivity contribution in [2.75, 3.05) is 29.8 Å². The number of carbonyl (C=O) groups is 6. The van der Waals surface area contributed by atoms with E-state index in [0.29, 0.717) is 37.3 Å². The van der Waals surface area contributed by atoms with E-state index < -0.39 is 46.9 Å². The molecule has 2 saturated carbocycles. The van der Waals surface area contributed by atoms with Gasteiger partial charge in [0, 0.05) is 42.2 Å². The number of fused-ring (bicyclic) bond motifs is 2. The quantitative estimate of drug-likeness (QED) is 0.135. The van der Waals surface area contributed by atoms with E-state index in [0.717, 1.165) is 55.3 Å². The molecule has 5 amide bonds. The van der Waals surface area contributed by atoms with Crippen LogP contribution in [0.4, 0.5) is 26.2 Å². The van der Waals surface area contributed by atoms with Crippen LogP contribution in [0, 0.1) is 34.4 Å². The van der Waals surface area contributed by atoms with Crippen molar-refractivity contribution in [3.63, 3.8) is 0 Å². The van der Waals surface area contributed by atoms with Crippen LogP contribution in [0.2, 0.25) is 0 Å². The van der Waals surface area contributed by atoms with Gasteiger partial charge in [0.25, 0.3) is 0 Å². The predicted octanol–water partition coefficient (Wildman–Crippen LogP) is 8.44. The van der Waals surface area contributed by atoms with Crippen LogP contribution < -0.4 is 20.9 Å². The number of halogens is 1. The normalized spacial score (nSPS) is 23.0. The molecule has 0 bridgehead atoms. The van der Waals surface area contributed by atoms with E-state index in [2.05, 4.69) is 20.9 Å². The van der Waals surface area contributed by atoms with Gasteiger partial charge in [-0.3, -0.25) is 24.0 Å². The molecule has 4 aliphatic rings. The first-order chi connectivity index (χ1) is 32.2. The summed E-state index contributed by atoms with van der Waals surface area (Å²) in [7, 11) is 2.58. The molecule has 7 rings (SSSR count). The lowest BCUT2D eigenvalue weighted by atomic mass is 9.77. The Balaban J connectivity index is 1.02. The Morgan fingerprint density at radius 2 is 1.12 bits per heavy atom. The largest absolute Gasteiger partial charge is 0.469 e. The van der Waals surface area contributed by atoms with E-state index in [-0.39, 0.29) is 59.8 Å². The number of nitrogens with zero attached hydrogens (tertiary/aromatic N) is 3. The predicted molar refractivity (Wildman–Crippen MR) is 258 cm³/mol. The number of alkyl carbamates (subject to hydrolysis) is 1. The second-order valence-electron chi connectivity index (χ2n) is 21.3. The summed E-state index contributed by atoms with van der Waals surface area (Å²) in [5.41, 5.74) is 2.70. The van der Waals surface area contributed by atoms with Crippen molar-refractivity contribution >= 4 is 52.8 Å². The molecule has 366 valence electrons. The summed E-state index contributed by atoms with van der Waals surface area (Å²) in [6.45, 7) is 12.3. The van der Waals surface area contributed by atoms with Gasteiger partial charge >= 0.3 is 12.1 Å². The van der Waals surface area contributed by atoms with E-state index in [9.17, 15) is 33.2 Å². The van der Waals surface area contributed by atoms with Crippen LogP contribution in [-0.2, 0) is 46.5 Å². The molecule has 68 heavy (non-hydrogen) atoms. The zero-order valence-electron chi connectivity index (χ0n) is 40.8. The van der Waals surface area contributed by atoms with Gasteiger partial charge in [-0.15, -0.1) is 0 Å². The van der Waals surface area contributed by atoms with Gasteiger partial charge in [-0.25, -0.2) is 9.18 Å². The van der Waals surface area contributed by atoms with Crippen molar-refractivity contribution in [1.29, 1.82) is 0 Å². The van der Waals surface area contributed by atoms with Crippen LogP contribution in [-0.4, -0.2) is 89.9 Å². The smallest absolute Gasteiger partial charge is 0.407 e. The van der Waals surface area contributed by atoms with Crippen LogP contribution in [0.5, 0.6) is 0 Å². The number of methoxy groups -OCH3 is 2. The maximum Gasteiger partial charge on any atom is 0.407 e. The fourth-order valence-corrected chi connectivity index (χ4v) is 11.0. The van der Waals surface area contributed by atoms with Crippen molar-refractivity contribution in [3.8, 4) is 0 Å². The molecule has 3 aromatic rings. The summed E-state index contributed by atoms with van der Waals surface area (Å²) < 4.78 is 23.9. The third-order valence-electron chi connectivity index (χ3n) is 14.7. The molecule has 14 nitrogen and oxygen atoms in total. The van der Waals surface area contributed by atoms with Gasteiger partial charge in [-0.1, -0.05) is 78.6 Å². The summed E-state index contributed by atoms with van der Waals surface area (Å²) in [5, 5.41) is 8.85. The highest BCUT2D eigenvalue weighted by atomic mass is 19.1. The standard InChI is InChI=1S/C53H69FN6O8/c1-52(2,3)40(29-45(61)67-7)49(64)59-41-13-9-11-34(41)27-43(59)47(62)55-37-21-15-32(16-22-37)30-58(39-25-19-36(54)20-26-39)31-33-17-23-38(24-18-33)56-48(63)44-28-35-12-10-14-42(35)60(44)50(65)46(53(4,5)6)57-51(66)68-8/h15-26,34-35,40-44,46H,9-14,27-31H2,1-8H3,(H,55,62)(H,56,63)(H,57,66)/t34-,35-,40+,41-,42-,43-,44-,46+/m0/s1. The lowest BCUT2D eigenvalue weighted by molar-refractivity contribution is -0.152. The Hall–Kier alpha value is -5.99. The van der Waals surface area contributed by atoms with Gasteiger partial charge < -0.3 is 40.1 Å². The molecular weight excluding hydrogens is 868 g/mol. The zero-order valence-corrected chi connectivity index (χ0v) is 40.8. The molecule has 0 spiro atoms. The first-order valence-corrected chi connectivity index (χ1v) is 24.1. The Kier molecular flexibility index (Phi) is 15.2. The van der Waals surface area contributed by atoms with Crippen LogP contribution in [0.1, 0.15) is 110 Å². The van der Waals surface area contributed by atoms with Crippen LogP contribution >= 0.6 is 0 Å². The van der Waals surface area contributed by atoms with E-state index in [1.807, 2.05) is 90.1 Å². The number of amides is 5. The molecule has 8 atom stereocenters. The average molecular weight is 937 g/mol. The molecule has 0 aromatic heterocycles. The van der Waals surface area contributed by atoms with Gasteiger partial charge in [-0.05, 0) is 121 Å². The molecule has 4 fully saturated rings. The highest BCUT2D eigenvalue weighted by molar-refractivity contribution is 6.00. The number of rotatable bonds is 14. The van der Waals surface area contributed by atoms with Crippen LogP contribution in [0.15, 0.2) is 72.8 Å². The third kappa shape index (κ3) is 11.3. The minimum Gasteiger partial charge on any atom is -0.469 e. The van der Waals surface area contributed by atoms with Crippen molar-refractivity contribution in [1.82, 2.24) is 15.1 Å².